The van der Waals surface area contributed by atoms with Crippen LogP contribution in [0.4, 0.5) is 10.1 Å². The Bertz CT molecular complexity index is 237. The van der Waals surface area contributed by atoms with Crippen LogP contribution in [0.5, 0.6) is 0 Å². The molecule has 2 N–H and O–H groups in total. The van der Waals surface area contributed by atoms with E-state index in [2.05, 4.69) is 22.6 Å². The number of anilines is 1. The van der Waals surface area contributed by atoms with Crippen molar-refractivity contribution in [2.24, 2.45) is 0 Å². The molecule has 1 aromatic rings. The lowest BCUT2D eigenvalue weighted by atomic mass is 10.2. The summed E-state index contributed by atoms with van der Waals surface area (Å²) in [7, 11) is 0. The van der Waals surface area contributed by atoms with Crippen LogP contribution in [-0.2, 0) is 6.67 Å². The fourth-order valence-corrected chi connectivity index (χ4v) is 1.36. The fraction of sp³-hybridized carbons (Fsp3) is 0.143. The molecule has 1 rings (SSSR count). The first-order valence-electron chi connectivity index (χ1n) is 2.84. The van der Waals surface area contributed by atoms with Crippen molar-refractivity contribution < 1.29 is 4.39 Å². The second-order valence-electron chi connectivity index (χ2n) is 1.98. The molecule has 10 heavy (non-hydrogen) atoms. The number of halogens is 2. The van der Waals surface area contributed by atoms with Gasteiger partial charge in [0.2, 0.25) is 0 Å². The average molecular weight is 251 g/mol. The zero-order valence-corrected chi connectivity index (χ0v) is 7.43. The summed E-state index contributed by atoms with van der Waals surface area (Å²) < 4.78 is 13.0. The fourth-order valence-electron chi connectivity index (χ4n) is 0.672. The molecule has 0 saturated carbocycles. The minimum absolute atomic E-state index is 0.418. The Balaban J connectivity index is 3.07. The molecule has 0 aliphatic carbocycles. The predicted octanol–water partition coefficient (Wildman–Crippen LogP) is 2.34. The third-order valence-corrected chi connectivity index (χ3v) is 2.23. The SMILES string of the molecule is Nc1ccc(CF)c(I)c1. The van der Waals surface area contributed by atoms with Crippen molar-refractivity contribution in [3.8, 4) is 0 Å². The van der Waals surface area contributed by atoms with Gasteiger partial charge in [-0.05, 0) is 40.3 Å². The van der Waals surface area contributed by atoms with E-state index < -0.39 is 6.67 Å². The lowest BCUT2D eigenvalue weighted by molar-refractivity contribution is 0.484. The van der Waals surface area contributed by atoms with Crippen molar-refractivity contribution in [2.75, 3.05) is 5.73 Å². The zero-order chi connectivity index (χ0) is 7.56. The molecule has 54 valence electrons. The number of nitrogen functional groups attached to an aromatic ring is 1. The number of hydrogen-bond acceptors (Lipinski definition) is 1. The topological polar surface area (TPSA) is 26.0 Å². The number of benzene rings is 1. The molecule has 0 fully saturated rings. The van der Waals surface area contributed by atoms with E-state index in [-0.39, 0.29) is 0 Å². The lowest BCUT2D eigenvalue weighted by Gasteiger charge is -1.98. The number of alkyl halides is 1. The summed E-state index contributed by atoms with van der Waals surface area (Å²) in [6, 6.07) is 5.17. The van der Waals surface area contributed by atoms with Gasteiger partial charge in [-0.15, -0.1) is 0 Å². The Morgan fingerprint density at radius 2 is 2.20 bits per heavy atom. The normalized spacial score (nSPS) is 9.80. The Morgan fingerprint density at radius 1 is 1.50 bits per heavy atom. The molecule has 0 atom stereocenters. The highest BCUT2D eigenvalue weighted by Crippen LogP contribution is 2.16. The molecule has 0 heterocycles. The third-order valence-electron chi connectivity index (χ3n) is 1.22. The summed E-state index contributed by atoms with van der Waals surface area (Å²) in [5.41, 5.74) is 6.84. The largest absolute Gasteiger partial charge is 0.399 e. The van der Waals surface area contributed by atoms with Gasteiger partial charge in [-0.2, -0.15) is 0 Å². The van der Waals surface area contributed by atoms with E-state index in [0.717, 1.165) is 3.57 Å². The molecule has 0 amide bonds. The Morgan fingerprint density at radius 3 is 2.70 bits per heavy atom. The second-order valence-corrected chi connectivity index (χ2v) is 3.15. The van der Waals surface area contributed by atoms with Crippen molar-refractivity contribution in [1.29, 1.82) is 0 Å². The van der Waals surface area contributed by atoms with Crippen LogP contribution in [0.15, 0.2) is 18.2 Å². The molecule has 0 aromatic heterocycles. The van der Waals surface area contributed by atoms with Gasteiger partial charge >= 0.3 is 0 Å². The first-order valence-corrected chi connectivity index (χ1v) is 3.92. The van der Waals surface area contributed by atoms with Crippen molar-refractivity contribution in [3.05, 3.63) is 27.3 Å². The maximum absolute atomic E-state index is 12.1. The van der Waals surface area contributed by atoms with E-state index in [0.29, 0.717) is 11.3 Å². The van der Waals surface area contributed by atoms with Gasteiger partial charge in [-0.3, -0.25) is 0 Å². The average Bonchev–Trinajstić information content (AvgIpc) is 1.88. The maximum atomic E-state index is 12.1. The smallest absolute Gasteiger partial charge is 0.116 e. The van der Waals surface area contributed by atoms with E-state index in [1.54, 1.807) is 18.2 Å². The summed E-state index contributed by atoms with van der Waals surface area (Å²) in [4.78, 5) is 0. The van der Waals surface area contributed by atoms with Gasteiger partial charge in [-0.1, -0.05) is 6.07 Å². The zero-order valence-electron chi connectivity index (χ0n) is 5.27. The van der Waals surface area contributed by atoms with Gasteiger partial charge in [0.05, 0.1) is 0 Å². The van der Waals surface area contributed by atoms with E-state index in [1.807, 2.05) is 0 Å². The van der Waals surface area contributed by atoms with Crippen molar-refractivity contribution in [2.45, 2.75) is 6.67 Å². The number of rotatable bonds is 1. The Hall–Kier alpha value is -0.320. The van der Waals surface area contributed by atoms with Crippen molar-refractivity contribution >= 4 is 28.3 Å². The summed E-state index contributed by atoms with van der Waals surface area (Å²) in [5, 5.41) is 0. The minimum atomic E-state index is -0.418. The minimum Gasteiger partial charge on any atom is -0.399 e. The van der Waals surface area contributed by atoms with E-state index in [1.165, 1.54) is 0 Å². The quantitative estimate of drug-likeness (QED) is 0.601. The van der Waals surface area contributed by atoms with Crippen LogP contribution in [0, 0.1) is 3.57 Å². The van der Waals surface area contributed by atoms with Gasteiger partial charge in [0.25, 0.3) is 0 Å². The number of hydrogen-bond donors (Lipinski definition) is 1. The molecule has 0 aliphatic rings. The van der Waals surface area contributed by atoms with E-state index in [4.69, 9.17) is 5.73 Å². The Kier molecular flexibility index (Phi) is 2.48. The van der Waals surface area contributed by atoms with Crippen molar-refractivity contribution in [1.82, 2.24) is 0 Å². The van der Waals surface area contributed by atoms with E-state index >= 15 is 0 Å². The molecule has 3 heteroatoms. The van der Waals surface area contributed by atoms with Crippen LogP contribution in [0.3, 0.4) is 0 Å². The van der Waals surface area contributed by atoms with Gasteiger partial charge in [0, 0.05) is 9.26 Å². The predicted molar refractivity (Wildman–Crippen MR) is 48.4 cm³/mol. The molecular formula is C7H7FIN. The third kappa shape index (κ3) is 1.59. The van der Waals surface area contributed by atoms with Gasteiger partial charge in [-0.25, -0.2) is 4.39 Å². The maximum Gasteiger partial charge on any atom is 0.116 e. The first-order chi connectivity index (χ1) is 4.74. The standard InChI is InChI=1S/C7H7FIN/c8-4-5-1-2-6(10)3-7(5)9/h1-3H,4,10H2. The van der Waals surface area contributed by atoms with Crippen LogP contribution >= 0.6 is 22.6 Å². The highest BCUT2D eigenvalue weighted by atomic mass is 127. The summed E-state index contributed by atoms with van der Waals surface area (Å²) in [6.45, 7) is -0.418. The van der Waals surface area contributed by atoms with Crippen LogP contribution in [0.2, 0.25) is 0 Å². The molecule has 0 saturated heterocycles. The van der Waals surface area contributed by atoms with Crippen LogP contribution in [-0.4, -0.2) is 0 Å². The van der Waals surface area contributed by atoms with Gasteiger partial charge < -0.3 is 5.73 Å². The molecule has 0 bridgehead atoms. The molecule has 0 spiro atoms. The van der Waals surface area contributed by atoms with E-state index in [9.17, 15) is 4.39 Å². The number of nitrogens with two attached hydrogens (primary N) is 1. The molecular weight excluding hydrogens is 244 g/mol. The molecule has 1 aromatic carbocycles. The van der Waals surface area contributed by atoms with Gasteiger partial charge in [0.1, 0.15) is 6.67 Å². The van der Waals surface area contributed by atoms with Crippen LogP contribution in [0.25, 0.3) is 0 Å². The second kappa shape index (κ2) is 3.18. The summed E-state index contributed by atoms with van der Waals surface area (Å²) in [5.74, 6) is 0. The monoisotopic (exact) mass is 251 g/mol. The first kappa shape index (κ1) is 7.78. The summed E-state index contributed by atoms with van der Waals surface area (Å²) >= 11 is 2.07. The highest BCUT2D eigenvalue weighted by Gasteiger charge is 1.97. The molecule has 0 radical (unpaired) electrons. The highest BCUT2D eigenvalue weighted by molar-refractivity contribution is 14.1. The van der Waals surface area contributed by atoms with Crippen molar-refractivity contribution in [3.63, 3.8) is 0 Å². The summed E-state index contributed by atoms with van der Waals surface area (Å²) in [6.07, 6.45) is 0. The van der Waals surface area contributed by atoms with Gasteiger partial charge in [0.15, 0.2) is 0 Å². The molecule has 0 unspecified atom stereocenters. The molecule has 0 aliphatic heterocycles. The Labute approximate surface area is 72.6 Å². The molecule has 1 nitrogen and oxygen atoms in total. The van der Waals surface area contributed by atoms with Crippen LogP contribution in [0.1, 0.15) is 5.56 Å². The van der Waals surface area contributed by atoms with Crippen LogP contribution < -0.4 is 5.73 Å². The lowest BCUT2D eigenvalue weighted by Crippen LogP contribution is -1.89.